The molecule has 134 valence electrons. The molecule has 0 aliphatic heterocycles. The van der Waals surface area contributed by atoms with E-state index in [1.165, 1.54) is 12.8 Å². The van der Waals surface area contributed by atoms with Crippen LogP contribution in [-0.4, -0.2) is 0 Å². The fraction of sp³-hybridized carbons (Fsp3) is 0.200. The molecule has 0 heterocycles. The molecule has 1 fully saturated rings. The summed E-state index contributed by atoms with van der Waals surface area (Å²) in [5.41, 5.74) is 2.14. The number of hydrogen-bond acceptors (Lipinski definition) is 0. The van der Waals surface area contributed by atoms with Gasteiger partial charge < -0.3 is 13.3 Å². The zero-order valence-electron chi connectivity index (χ0n) is 16.1. The second-order valence-corrected chi connectivity index (χ2v) is 6.32. The topological polar surface area (TPSA) is 0 Å². The predicted molar refractivity (Wildman–Crippen MR) is 112 cm³/mol. The van der Waals surface area contributed by atoms with E-state index in [-0.39, 0.29) is 29.1 Å². The van der Waals surface area contributed by atoms with Crippen molar-refractivity contribution in [1.29, 1.82) is 0 Å². The first kappa shape index (κ1) is 24.4. The zero-order valence-corrected chi connectivity index (χ0v) is 17.6. The number of allylic oxidation sites excluding steroid dienone is 4. The molecule has 1 saturated carbocycles. The first-order valence-corrected chi connectivity index (χ1v) is 8.58. The summed E-state index contributed by atoms with van der Waals surface area (Å²) < 4.78 is 0. The fourth-order valence-corrected chi connectivity index (χ4v) is 2.98. The average molecular weight is 378 g/mol. The Morgan fingerprint density at radius 2 is 1.27 bits per heavy atom. The summed E-state index contributed by atoms with van der Waals surface area (Å²) in [7, 11) is 0. The Kier molecular flexibility index (Phi) is 12.7. The van der Waals surface area contributed by atoms with E-state index in [4.69, 9.17) is 0 Å². The van der Waals surface area contributed by atoms with Crippen LogP contribution in [0.4, 0.5) is 0 Å². The number of rotatable bonds is 0. The zero-order chi connectivity index (χ0) is 17.2. The maximum Gasteiger partial charge on any atom is 4.00 e. The van der Waals surface area contributed by atoms with E-state index in [2.05, 4.69) is 45.1 Å². The maximum atomic E-state index is 3.72. The molecule has 0 saturated heterocycles. The van der Waals surface area contributed by atoms with Crippen LogP contribution < -0.4 is 0 Å². The second kappa shape index (κ2) is 13.6. The summed E-state index contributed by atoms with van der Waals surface area (Å²) in [5.74, 6) is 3.29. The van der Waals surface area contributed by atoms with Gasteiger partial charge >= 0.3 is 21.7 Å². The molecule has 2 aromatic rings. The Morgan fingerprint density at radius 3 is 1.65 bits per heavy atom. The molecule has 2 aromatic carbocycles. The van der Waals surface area contributed by atoms with Crippen molar-refractivity contribution in [2.24, 2.45) is 11.8 Å². The summed E-state index contributed by atoms with van der Waals surface area (Å²) >= 11 is 0. The molecule has 0 bridgehead atoms. The Morgan fingerprint density at radius 1 is 0.808 bits per heavy atom. The van der Waals surface area contributed by atoms with Crippen molar-refractivity contribution in [3.8, 4) is 0 Å². The SMILES string of the molecule is C[C-]1CCC2C=CC=C[C@@H]12.[CH2-]c1ccccc1.[CH2-]c1ccccc1.[CH3-].[Ti+4]. The molecule has 0 aromatic heterocycles. The van der Waals surface area contributed by atoms with Gasteiger partial charge in [-0.05, 0) is 5.92 Å². The standard InChI is InChI=1S/C10H13.2C7H7.CH3.Ti/c1-8-6-7-9-4-2-3-5-10(8)9;2*1-7-5-3-2-4-6-7;;/h2-5,9-10H,6-7H2,1H3;2*2-6H,1H2;1H3;/q4*-1;+4/t9?,10-;;;;/m0..../s1. The molecule has 1 unspecified atom stereocenters. The van der Waals surface area contributed by atoms with Crippen LogP contribution in [0.25, 0.3) is 0 Å². The van der Waals surface area contributed by atoms with Crippen molar-refractivity contribution in [3.05, 3.63) is 123 Å². The molecular weight excluding hydrogens is 348 g/mol. The van der Waals surface area contributed by atoms with Crippen molar-refractivity contribution in [1.82, 2.24) is 0 Å². The summed E-state index contributed by atoms with van der Waals surface area (Å²) in [6, 6.07) is 19.7. The Hall–Kier alpha value is -1.63. The number of benzene rings is 2. The van der Waals surface area contributed by atoms with Crippen LogP contribution in [0.2, 0.25) is 0 Å². The van der Waals surface area contributed by atoms with Crippen LogP contribution in [0.3, 0.4) is 0 Å². The Balaban J connectivity index is 0.000000356. The van der Waals surface area contributed by atoms with E-state index >= 15 is 0 Å². The van der Waals surface area contributed by atoms with E-state index in [1.807, 2.05) is 60.7 Å². The molecule has 1 heteroatoms. The minimum absolute atomic E-state index is 0. The first-order chi connectivity index (χ1) is 11.7. The summed E-state index contributed by atoms with van der Waals surface area (Å²) in [6.07, 6.45) is 11.8. The van der Waals surface area contributed by atoms with Crippen molar-refractivity contribution in [2.75, 3.05) is 0 Å². The average Bonchev–Trinajstić information content (AvgIpc) is 2.99. The van der Waals surface area contributed by atoms with Crippen LogP contribution >= 0.6 is 0 Å². The molecule has 0 nitrogen and oxygen atoms in total. The minimum atomic E-state index is 0. The van der Waals surface area contributed by atoms with Crippen LogP contribution in [0.5, 0.6) is 0 Å². The van der Waals surface area contributed by atoms with E-state index in [1.54, 1.807) is 5.92 Å². The van der Waals surface area contributed by atoms with Gasteiger partial charge in [0.2, 0.25) is 0 Å². The van der Waals surface area contributed by atoms with Gasteiger partial charge in [0.15, 0.2) is 0 Å². The summed E-state index contributed by atoms with van der Waals surface area (Å²) in [5, 5.41) is 0. The third-order valence-electron chi connectivity index (χ3n) is 4.38. The quantitative estimate of drug-likeness (QED) is 0.345. The monoisotopic (exact) mass is 378 g/mol. The van der Waals surface area contributed by atoms with Gasteiger partial charge in [-0.2, -0.15) is 62.6 Å². The minimum Gasteiger partial charge on any atom is -0.358 e. The van der Waals surface area contributed by atoms with Crippen LogP contribution in [0, 0.1) is 39.0 Å². The van der Waals surface area contributed by atoms with Crippen molar-refractivity contribution >= 4 is 0 Å². The van der Waals surface area contributed by atoms with Crippen molar-refractivity contribution < 1.29 is 21.7 Å². The summed E-state index contributed by atoms with van der Waals surface area (Å²) in [6.45, 7) is 9.73. The van der Waals surface area contributed by atoms with Crippen LogP contribution in [0.15, 0.2) is 85.0 Å². The maximum absolute atomic E-state index is 3.72. The van der Waals surface area contributed by atoms with E-state index in [0.717, 1.165) is 23.0 Å². The normalized spacial score (nSPS) is 19.4. The van der Waals surface area contributed by atoms with Crippen LogP contribution in [0.1, 0.15) is 30.9 Å². The van der Waals surface area contributed by atoms with E-state index < -0.39 is 0 Å². The predicted octanol–water partition coefficient (Wildman–Crippen LogP) is 6.92. The van der Waals surface area contributed by atoms with Gasteiger partial charge in [-0.3, -0.25) is 0 Å². The molecule has 2 aliphatic carbocycles. The molecule has 0 amide bonds. The van der Waals surface area contributed by atoms with Gasteiger partial charge in [0, 0.05) is 0 Å². The number of fused-ring (bicyclic) bond motifs is 1. The van der Waals surface area contributed by atoms with Gasteiger partial charge in [-0.1, -0.05) is 36.8 Å². The molecule has 26 heavy (non-hydrogen) atoms. The Bertz CT molecular complexity index is 590. The molecular formula is C25H30Ti. The molecule has 4 rings (SSSR count). The summed E-state index contributed by atoms with van der Waals surface area (Å²) in [4.78, 5) is 0. The number of hydrogen-bond donors (Lipinski definition) is 0. The van der Waals surface area contributed by atoms with Gasteiger partial charge in [0.05, 0.1) is 0 Å². The smallest absolute Gasteiger partial charge is 0.358 e. The molecule has 0 radical (unpaired) electrons. The van der Waals surface area contributed by atoms with Crippen molar-refractivity contribution in [2.45, 2.75) is 19.8 Å². The fourth-order valence-electron chi connectivity index (χ4n) is 2.98. The van der Waals surface area contributed by atoms with Gasteiger partial charge in [0.1, 0.15) is 0 Å². The third kappa shape index (κ3) is 8.65. The van der Waals surface area contributed by atoms with E-state index in [9.17, 15) is 0 Å². The third-order valence-corrected chi connectivity index (χ3v) is 4.38. The van der Waals surface area contributed by atoms with Gasteiger partial charge in [0.25, 0.3) is 0 Å². The molecule has 0 spiro atoms. The van der Waals surface area contributed by atoms with Gasteiger partial charge in [-0.25, -0.2) is 0 Å². The largest absolute Gasteiger partial charge is 4.00 e. The van der Waals surface area contributed by atoms with Crippen LogP contribution in [-0.2, 0) is 21.7 Å². The van der Waals surface area contributed by atoms with Crippen molar-refractivity contribution in [3.63, 3.8) is 0 Å². The molecule has 2 atom stereocenters. The first-order valence-electron chi connectivity index (χ1n) is 8.58. The molecule has 0 N–H and O–H groups in total. The molecule has 2 aliphatic rings. The van der Waals surface area contributed by atoms with Gasteiger partial charge in [-0.15, -0.1) is 36.3 Å². The van der Waals surface area contributed by atoms with E-state index in [0.29, 0.717) is 0 Å². The Labute approximate surface area is 176 Å². The second-order valence-electron chi connectivity index (χ2n) is 6.32.